The molecule has 0 saturated carbocycles. The second kappa shape index (κ2) is 10.3. The van der Waals surface area contributed by atoms with Crippen molar-refractivity contribution in [3.05, 3.63) is 169 Å². The van der Waals surface area contributed by atoms with Crippen molar-refractivity contribution in [3.63, 3.8) is 0 Å². The maximum Gasteiger partial charge on any atom is 0.162 e. The quantitative estimate of drug-likeness (QED) is 0.190. The SMILES string of the molecule is CC1(C)c2ccccc2-c2c1ccc1c3cc4c(cc3n(-c3nc(-c5ccccc5)nc5ccccc35)c21)c1ccccc1n4-c1ccccc1. The van der Waals surface area contributed by atoms with Crippen LogP contribution in [0.15, 0.2) is 158 Å². The second-order valence-electron chi connectivity index (χ2n) is 14.2. The van der Waals surface area contributed by atoms with E-state index < -0.39 is 0 Å². The molecule has 3 aromatic heterocycles. The van der Waals surface area contributed by atoms with E-state index in [1.54, 1.807) is 0 Å². The Morgan fingerprint density at radius 2 is 1.12 bits per heavy atom. The predicted molar refractivity (Wildman–Crippen MR) is 211 cm³/mol. The summed E-state index contributed by atoms with van der Waals surface area (Å²) < 4.78 is 4.86. The van der Waals surface area contributed by atoms with Crippen molar-refractivity contribution in [1.29, 1.82) is 0 Å². The molecule has 0 saturated heterocycles. The molecule has 0 unspecified atom stereocenters. The van der Waals surface area contributed by atoms with E-state index in [1.807, 2.05) is 6.07 Å². The zero-order valence-electron chi connectivity index (χ0n) is 28.3. The van der Waals surface area contributed by atoms with Crippen molar-refractivity contribution in [2.45, 2.75) is 19.3 Å². The first-order valence-electron chi connectivity index (χ1n) is 17.6. The fourth-order valence-corrected chi connectivity index (χ4v) is 8.77. The van der Waals surface area contributed by atoms with Crippen LogP contribution < -0.4 is 0 Å². The zero-order chi connectivity index (χ0) is 33.8. The summed E-state index contributed by atoms with van der Waals surface area (Å²) in [5, 5.41) is 5.87. The number of rotatable bonds is 3. The molecule has 4 nitrogen and oxygen atoms in total. The van der Waals surface area contributed by atoms with Gasteiger partial charge in [0.2, 0.25) is 0 Å². The van der Waals surface area contributed by atoms with Crippen LogP contribution in [0.3, 0.4) is 0 Å². The molecule has 51 heavy (non-hydrogen) atoms. The highest BCUT2D eigenvalue weighted by Crippen LogP contribution is 2.53. The van der Waals surface area contributed by atoms with Crippen molar-refractivity contribution in [2.24, 2.45) is 0 Å². The molecule has 240 valence electrons. The van der Waals surface area contributed by atoms with Crippen LogP contribution in [0.2, 0.25) is 0 Å². The first-order chi connectivity index (χ1) is 25.1. The monoisotopic (exact) mass is 652 g/mol. The molecule has 0 radical (unpaired) electrons. The van der Waals surface area contributed by atoms with Crippen LogP contribution in [0.25, 0.3) is 88.5 Å². The predicted octanol–water partition coefficient (Wildman–Crippen LogP) is 11.8. The second-order valence-corrected chi connectivity index (χ2v) is 14.2. The Bertz CT molecular complexity index is 3040. The van der Waals surface area contributed by atoms with E-state index in [4.69, 9.17) is 9.97 Å². The van der Waals surface area contributed by atoms with E-state index in [0.717, 1.165) is 39.3 Å². The van der Waals surface area contributed by atoms with Gasteiger partial charge in [-0.15, -0.1) is 0 Å². The summed E-state index contributed by atoms with van der Waals surface area (Å²) in [4.78, 5) is 10.6. The van der Waals surface area contributed by atoms with Crippen LogP contribution in [-0.4, -0.2) is 19.1 Å². The molecule has 1 aliphatic rings. The number of nitrogens with zero attached hydrogens (tertiary/aromatic N) is 4. The minimum atomic E-state index is -0.144. The van der Waals surface area contributed by atoms with Gasteiger partial charge >= 0.3 is 0 Å². The van der Waals surface area contributed by atoms with Gasteiger partial charge in [-0.1, -0.05) is 129 Å². The number of benzene rings is 7. The Labute approximate surface area is 294 Å². The van der Waals surface area contributed by atoms with E-state index in [1.165, 1.54) is 60.3 Å². The molecular weight excluding hydrogens is 621 g/mol. The molecule has 0 bridgehead atoms. The summed E-state index contributed by atoms with van der Waals surface area (Å²) in [6.45, 7) is 4.71. The van der Waals surface area contributed by atoms with Gasteiger partial charge in [0.05, 0.1) is 27.6 Å². The van der Waals surface area contributed by atoms with Gasteiger partial charge in [0.25, 0.3) is 0 Å². The molecule has 0 amide bonds. The number of hydrogen-bond donors (Lipinski definition) is 0. The van der Waals surface area contributed by atoms with Crippen molar-refractivity contribution in [3.8, 4) is 34.0 Å². The third-order valence-electron chi connectivity index (χ3n) is 11.1. The lowest BCUT2D eigenvalue weighted by molar-refractivity contribution is 0.661. The average Bonchev–Trinajstić information content (AvgIpc) is 3.77. The van der Waals surface area contributed by atoms with E-state index in [2.05, 4.69) is 175 Å². The summed E-state index contributed by atoms with van der Waals surface area (Å²) in [6, 6.07) is 56.7. The van der Waals surface area contributed by atoms with E-state index in [0.29, 0.717) is 0 Å². The van der Waals surface area contributed by atoms with E-state index in [-0.39, 0.29) is 5.41 Å². The number of aromatic nitrogens is 4. The molecule has 4 heteroatoms. The lowest BCUT2D eigenvalue weighted by Gasteiger charge is -2.21. The fraction of sp³-hybridized carbons (Fsp3) is 0.0638. The molecule has 0 spiro atoms. The normalized spacial score (nSPS) is 13.5. The van der Waals surface area contributed by atoms with Crippen LogP contribution in [-0.2, 0) is 5.41 Å². The number of hydrogen-bond acceptors (Lipinski definition) is 2. The summed E-state index contributed by atoms with van der Waals surface area (Å²) in [6.07, 6.45) is 0. The summed E-state index contributed by atoms with van der Waals surface area (Å²) in [5.41, 5.74) is 12.9. The topological polar surface area (TPSA) is 35.6 Å². The molecular formula is C47H32N4. The summed E-state index contributed by atoms with van der Waals surface area (Å²) >= 11 is 0. The van der Waals surface area contributed by atoms with Gasteiger partial charge in [-0.25, -0.2) is 9.97 Å². The molecule has 3 heterocycles. The third-order valence-corrected chi connectivity index (χ3v) is 11.1. The van der Waals surface area contributed by atoms with Crippen LogP contribution in [0.1, 0.15) is 25.0 Å². The van der Waals surface area contributed by atoms with E-state index in [9.17, 15) is 0 Å². The van der Waals surface area contributed by atoms with E-state index >= 15 is 0 Å². The van der Waals surface area contributed by atoms with Gasteiger partial charge in [0.15, 0.2) is 5.82 Å². The highest BCUT2D eigenvalue weighted by atomic mass is 15.1. The minimum Gasteiger partial charge on any atom is -0.309 e. The fourth-order valence-electron chi connectivity index (χ4n) is 8.77. The highest BCUT2D eigenvalue weighted by molar-refractivity contribution is 6.22. The Hall–Kier alpha value is -6.52. The van der Waals surface area contributed by atoms with Crippen molar-refractivity contribution in [2.75, 3.05) is 0 Å². The van der Waals surface area contributed by atoms with Gasteiger partial charge in [-0.2, -0.15) is 0 Å². The Morgan fingerprint density at radius 1 is 0.471 bits per heavy atom. The van der Waals surface area contributed by atoms with Crippen molar-refractivity contribution < 1.29 is 0 Å². The van der Waals surface area contributed by atoms with Gasteiger partial charge in [0, 0.05) is 49.2 Å². The first-order valence-corrected chi connectivity index (χ1v) is 17.6. The molecule has 11 rings (SSSR count). The largest absolute Gasteiger partial charge is 0.309 e. The Morgan fingerprint density at radius 3 is 1.94 bits per heavy atom. The molecule has 10 aromatic rings. The molecule has 1 aliphatic carbocycles. The number of fused-ring (bicyclic) bond motifs is 11. The van der Waals surface area contributed by atoms with Crippen molar-refractivity contribution >= 4 is 54.5 Å². The van der Waals surface area contributed by atoms with Gasteiger partial charge in [0.1, 0.15) is 5.82 Å². The molecule has 0 aliphatic heterocycles. The summed E-state index contributed by atoms with van der Waals surface area (Å²) in [5.74, 6) is 1.61. The maximum atomic E-state index is 5.47. The zero-order valence-corrected chi connectivity index (χ0v) is 28.3. The van der Waals surface area contributed by atoms with Crippen LogP contribution in [0, 0.1) is 0 Å². The van der Waals surface area contributed by atoms with Gasteiger partial charge in [-0.05, 0) is 59.2 Å². The van der Waals surface area contributed by atoms with Gasteiger partial charge in [-0.3, -0.25) is 4.57 Å². The van der Waals surface area contributed by atoms with Crippen LogP contribution in [0.5, 0.6) is 0 Å². The first kappa shape index (κ1) is 28.3. The molecule has 7 aromatic carbocycles. The third kappa shape index (κ3) is 3.85. The van der Waals surface area contributed by atoms with Crippen LogP contribution in [0.4, 0.5) is 0 Å². The minimum absolute atomic E-state index is 0.144. The summed E-state index contributed by atoms with van der Waals surface area (Å²) in [7, 11) is 0. The smallest absolute Gasteiger partial charge is 0.162 e. The highest BCUT2D eigenvalue weighted by Gasteiger charge is 2.38. The lowest BCUT2D eigenvalue weighted by atomic mass is 9.82. The molecule has 0 fully saturated rings. The van der Waals surface area contributed by atoms with Crippen molar-refractivity contribution in [1.82, 2.24) is 19.1 Å². The molecule has 0 atom stereocenters. The Kier molecular flexibility index (Phi) is 5.70. The van der Waals surface area contributed by atoms with Gasteiger partial charge < -0.3 is 4.57 Å². The Balaban J connectivity index is 1.37. The molecule has 0 N–H and O–H groups in total. The maximum absolute atomic E-state index is 5.47. The lowest BCUT2D eigenvalue weighted by Crippen LogP contribution is -2.14. The number of para-hydroxylation sites is 3. The average molecular weight is 653 g/mol. The van der Waals surface area contributed by atoms with Crippen LogP contribution >= 0.6 is 0 Å². The standard InChI is InChI=1S/C47H32N4/c1-47(2)37-22-12-9-20-33(37)43-38(47)26-25-32-36-28-41-35(31-19-11-14-24-40(31)50(41)30-17-7-4-8-18-30)27-42(36)51(44(32)43)46-34-21-10-13-23-39(34)48-45(49-46)29-15-5-3-6-16-29/h3-28H,1-2H3.